The molecule has 0 bridgehead atoms. The predicted molar refractivity (Wildman–Crippen MR) is 164 cm³/mol. The molecule has 10 nitrogen and oxygen atoms in total. The monoisotopic (exact) mass is 615 g/mol. The maximum Gasteiger partial charge on any atom is 0.407 e. The summed E-state index contributed by atoms with van der Waals surface area (Å²) in [7, 11) is -2.30. The van der Waals surface area contributed by atoms with E-state index in [1.807, 2.05) is 39.2 Å². The standard InChI is InChI=1S/C30H38ClN5O5S/c1-30(2,3)41-29(37)35-23-15-13-22(14-16-23)34-28-32-18-20(19-33-28)9-10-21-11-12-24(17-26(21)40-4)36-42(38,39)27-8-6-5-7-25(27)31/h5-8,11-12,17-19,22-23,36H,9-10,13-16H2,1-4H3,(H,35,37)(H,32,33,34). The number of nitrogens with one attached hydrogen (secondary N) is 3. The fraction of sp³-hybridized carbons (Fsp3) is 0.433. The van der Waals surface area contributed by atoms with Gasteiger partial charge in [-0.05, 0) is 88.6 Å². The summed E-state index contributed by atoms with van der Waals surface area (Å²) in [4.78, 5) is 21.0. The van der Waals surface area contributed by atoms with Gasteiger partial charge in [-0.3, -0.25) is 4.72 Å². The molecule has 1 aliphatic carbocycles. The Labute approximate surface area is 252 Å². The number of alkyl carbamates (subject to hydrolysis) is 1. The first-order chi connectivity index (χ1) is 19.9. The van der Waals surface area contributed by atoms with Gasteiger partial charge in [-0.2, -0.15) is 0 Å². The van der Waals surface area contributed by atoms with Crippen molar-refractivity contribution >= 4 is 39.4 Å². The quantitative estimate of drug-likeness (QED) is 0.254. The lowest BCUT2D eigenvalue weighted by atomic mass is 9.91. The van der Waals surface area contributed by atoms with Gasteiger partial charge in [0.2, 0.25) is 5.95 Å². The zero-order chi connectivity index (χ0) is 30.3. The van der Waals surface area contributed by atoms with Crippen LogP contribution in [0.25, 0.3) is 0 Å². The first-order valence-corrected chi connectivity index (χ1v) is 15.8. The molecule has 3 aromatic rings. The molecule has 0 radical (unpaired) electrons. The average molecular weight is 616 g/mol. The Bertz CT molecular complexity index is 1470. The molecule has 42 heavy (non-hydrogen) atoms. The van der Waals surface area contributed by atoms with Gasteiger partial charge in [0, 0.05) is 30.5 Å². The van der Waals surface area contributed by atoms with Gasteiger partial charge < -0.3 is 20.1 Å². The molecular weight excluding hydrogens is 578 g/mol. The largest absolute Gasteiger partial charge is 0.496 e. The molecule has 0 unspecified atom stereocenters. The lowest BCUT2D eigenvalue weighted by molar-refractivity contribution is 0.0492. The number of anilines is 2. The van der Waals surface area contributed by atoms with E-state index in [0.29, 0.717) is 30.2 Å². The Balaban J connectivity index is 1.27. The molecule has 12 heteroatoms. The molecular formula is C30H38ClN5O5S. The maximum absolute atomic E-state index is 12.8. The van der Waals surface area contributed by atoms with Crippen LogP contribution in [0.5, 0.6) is 5.75 Å². The topological polar surface area (TPSA) is 132 Å². The summed E-state index contributed by atoms with van der Waals surface area (Å²) < 4.78 is 39.0. The Kier molecular flexibility index (Phi) is 10.2. The zero-order valence-corrected chi connectivity index (χ0v) is 25.9. The molecule has 1 heterocycles. The Morgan fingerprint density at radius 3 is 2.31 bits per heavy atom. The van der Waals surface area contributed by atoms with Gasteiger partial charge in [-0.1, -0.05) is 29.8 Å². The summed E-state index contributed by atoms with van der Waals surface area (Å²) in [5.74, 6) is 1.15. The van der Waals surface area contributed by atoms with E-state index in [1.54, 1.807) is 31.4 Å². The lowest BCUT2D eigenvalue weighted by Gasteiger charge is -2.30. The van der Waals surface area contributed by atoms with Crippen LogP contribution in [0, 0.1) is 0 Å². The van der Waals surface area contributed by atoms with Crippen molar-refractivity contribution in [2.75, 3.05) is 17.1 Å². The highest BCUT2D eigenvalue weighted by Gasteiger charge is 2.25. The van der Waals surface area contributed by atoms with Crippen LogP contribution in [0.2, 0.25) is 5.02 Å². The second kappa shape index (κ2) is 13.6. The number of hydrogen-bond acceptors (Lipinski definition) is 8. The number of halogens is 1. The third-order valence-electron chi connectivity index (χ3n) is 6.84. The highest BCUT2D eigenvalue weighted by Crippen LogP contribution is 2.28. The molecule has 0 aliphatic heterocycles. The number of benzene rings is 2. The second-order valence-electron chi connectivity index (χ2n) is 11.3. The van der Waals surface area contributed by atoms with E-state index in [0.717, 1.165) is 36.8 Å². The van der Waals surface area contributed by atoms with Crippen molar-refractivity contribution in [2.45, 2.75) is 81.9 Å². The summed E-state index contributed by atoms with van der Waals surface area (Å²) >= 11 is 6.08. The molecule has 4 rings (SSSR count). The maximum atomic E-state index is 12.8. The van der Waals surface area contributed by atoms with Crippen molar-refractivity contribution in [3.8, 4) is 5.75 Å². The number of hydrogen-bond donors (Lipinski definition) is 3. The van der Waals surface area contributed by atoms with E-state index in [1.165, 1.54) is 12.1 Å². The molecule has 0 saturated heterocycles. The molecule has 1 amide bonds. The van der Waals surface area contributed by atoms with Gasteiger partial charge in [0.15, 0.2) is 0 Å². The minimum Gasteiger partial charge on any atom is -0.496 e. The highest BCUT2D eigenvalue weighted by atomic mass is 35.5. The smallest absolute Gasteiger partial charge is 0.407 e. The third kappa shape index (κ3) is 8.96. The summed E-state index contributed by atoms with van der Waals surface area (Å²) in [6, 6.07) is 11.8. The van der Waals surface area contributed by atoms with Crippen LogP contribution in [0.4, 0.5) is 16.4 Å². The molecule has 1 aromatic heterocycles. The number of carbonyl (C=O) groups excluding carboxylic acids is 1. The molecule has 3 N–H and O–H groups in total. The lowest BCUT2D eigenvalue weighted by Crippen LogP contribution is -2.42. The molecule has 0 atom stereocenters. The Morgan fingerprint density at radius 2 is 1.67 bits per heavy atom. The van der Waals surface area contributed by atoms with Crippen molar-refractivity contribution in [3.63, 3.8) is 0 Å². The number of carbonyl (C=O) groups is 1. The van der Waals surface area contributed by atoms with Crippen molar-refractivity contribution in [1.29, 1.82) is 0 Å². The predicted octanol–water partition coefficient (Wildman–Crippen LogP) is 5.97. The summed E-state index contributed by atoms with van der Waals surface area (Å²) in [6.45, 7) is 5.56. The number of rotatable bonds is 10. The minimum atomic E-state index is -3.85. The number of aromatic nitrogens is 2. The molecule has 226 valence electrons. The van der Waals surface area contributed by atoms with Crippen molar-refractivity contribution in [2.24, 2.45) is 0 Å². The average Bonchev–Trinajstić information content (AvgIpc) is 2.93. The van der Waals surface area contributed by atoms with Crippen LogP contribution in [-0.4, -0.2) is 49.3 Å². The highest BCUT2D eigenvalue weighted by molar-refractivity contribution is 7.92. The van der Waals surface area contributed by atoms with E-state index < -0.39 is 15.6 Å². The Hall–Kier alpha value is -3.57. The van der Waals surface area contributed by atoms with Gasteiger partial charge in [-0.25, -0.2) is 23.2 Å². The van der Waals surface area contributed by atoms with E-state index >= 15 is 0 Å². The summed E-state index contributed by atoms with van der Waals surface area (Å²) in [5.41, 5.74) is 1.77. The van der Waals surface area contributed by atoms with Gasteiger partial charge in [0.05, 0.1) is 17.8 Å². The van der Waals surface area contributed by atoms with Crippen LogP contribution < -0.4 is 20.1 Å². The fourth-order valence-electron chi connectivity index (χ4n) is 4.76. The Morgan fingerprint density at radius 1 is 1.00 bits per heavy atom. The van der Waals surface area contributed by atoms with Crippen LogP contribution >= 0.6 is 11.6 Å². The summed E-state index contributed by atoms with van der Waals surface area (Å²) in [5, 5.41) is 6.51. The van der Waals surface area contributed by atoms with Crippen LogP contribution in [-0.2, 0) is 27.6 Å². The number of nitrogens with zero attached hydrogens (tertiary/aromatic N) is 2. The normalized spacial score (nSPS) is 17.3. The van der Waals surface area contributed by atoms with Gasteiger partial charge >= 0.3 is 6.09 Å². The first-order valence-electron chi connectivity index (χ1n) is 13.9. The second-order valence-corrected chi connectivity index (χ2v) is 13.4. The van der Waals surface area contributed by atoms with E-state index in [9.17, 15) is 13.2 Å². The van der Waals surface area contributed by atoms with Crippen LogP contribution in [0.3, 0.4) is 0 Å². The minimum absolute atomic E-state index is 0.00975. The van der Waals surface area contributed by atoms with E-state index in [4.69, 9.17) is 21.1 Å². The first kappa shape index (κ1) is 31.4. The van der Waals surface area contributed by atoms with Crippen molar-refractivity contribution in [3.05, 3.63) is 71.0 Å². The molecule has 1 saturated carbocycles. The van der Waals surface area contributed by atoms with Gasteiger partial charge in [-0.15, -0.1) is 0 Å². The molecule has 1 aliphatic rings. The van der Waals surface area contributed by atoms with E-state index in [2.05, 4.69) is 25.3 Å². The fourth-order valence-corrected chi connectivity index (χ4v) is 6.33. The van der Waals surface area contributed by atoms with Gasteiger partial charge in [0.1, 0.15) is 16.2 Å². The molecule has 1 fully saturated rings. The molecule has 2 aromatic carbocycles. The van der Waals surface area contributed by atoms with Crippen LogP contribution in [0.15, 0.2) is 59.8 Å². The number of sulfonamides is 1. The number of amides is 1. The van der Waals surface area contributed by atoms with Crippen molar-refractivity contribution < 1.29 is 22.7 Å². The number of aryl methyl sites for hydroxylation is 2. The van der Waals surface area contributed by atoms with E-state index in [-0.39, 0.29) is 28.1 Å². The third-order valence-corrected chi connectivity index (χ3v) is 8.72. The van der Waals surface area contributed by atoms with Crippen molar-refractivity contribution in [1.82, 2.24) is 15.3 Å². The summed E-state index contributed by atoms with van der Waals surface area (Å²) in [6.07, 6.45) is 8.10. The number of methoxy groups -OCH3 is 1. The van der Waals surface area contributed by atoms with Gasteiger partial charge in [0.25, 0.3) is 10.0 Å². The number of ether oxygens (including phenoxy) is 2. The zero-order valence-electron chi connectivity index (χ0n) is 24.3. The van der Waals surface area contributed by atoms with Crippen LogP contribution in [0.1, 0.15) is 57.6 Å². The SMILES string of the molecule is COc1cc(NS(=O)(=O)c2ccccc2Cl)ccc1CCc1cnc(NC2CCC(NC(=O)OC(C)(C)C)CC2)nc1. The molecule has 0 spiro atoms.